The van der Waals surface area contributed by atoms with Crippen molar-refractivity contribution >= 4 is 21.8 Å². The van der Waals surface area contributed by atoms with Gasteiger partial charge in [-0.1, -0.05) is 17.7 Å². The van der Waals surface area contributed by atoms with E-state index < -0.39 is 0 Å². The van der Waals surface area contributed by atoms with E-state index in [1.54, 1.807) is 13.4 Å². The van der Waals surface area contributed by atoms with Gasteiger partial charge in [-0.3, -0.25) is 0 Å². The highest BCUT2D eigenvalue weighted by atomic mass is 16.5. The molecule has 2 heterocycles. The first-order valence-electron chi connectivity index (χ1n) is 13.7. The lowest BCUT2D eigenvalue weighted by molar-refractivity contribution is 0.415. The minimum absolute atomic E-state index is 0.684. The number of rotatable bonds is 4. The Bertz CT molecular complexity index is 1920. The molecule has 0 spiro atoms. The van der Waals surface area contributed by atoms with E-state index in [1.165, 1.54) is 49.8 Å². The van der Waals surface area contributed by atoms with Crippen LogP contribution in [0.25, 0.3) is 50.3 Å². The molecule has 6 rings (SSSR count). The summed E-state index contributed by atoms with van der Waals surface area (Å²) < 4.78 is 7.94. The molecule has 0 atom stereocenters. The van der Waals surface area contributed by atoms with Crippen molar-refractivity contribution in [1.29, 1.82) is 0 Å². The Morgan fingerprint density at radius 2 is 1.23 bits per heavy atom. The molecule has 6 aromatic rings. The largest absolute Gasteiger partial charge is 0.497 e. The Morgan fingerprint density at radius 3 is 1.88 bits per heavy atom. The van der Waals surface area contributed by atoms with Crippen LogP contribution in [0.5, 0.6) is 5.75 Å². The van der Waals surface area contributed by atoms with Crippen LogP contribution in [0.3, 0.4) is 0 Å². The number of hydrogen-bond acceptors (Lipinski definition) is 4. The quantitative estimate of drug-likeness (QED) is 0.231. The van der Waals surface area contributed by atoms with Crippen molar-refractivity contribution in [1.82, 2.24) is 19.5 Å². The molecule has 0 aliphatic rings. The molecule has 0 N–H and O–H groups in total. The highest BCUT2D eigenvalue weighted by Crippen LogP contribution is 2.38. The number of hydrogen-bond donors (Lipinski definition) is 0. The van der Waals surface area contributed by atoms with Crippen molar-refractivity contribution in [3.05, 3.63) is 99.9 Å². The zero-order valence-corrected chi connectivity index (χ0v) is 24.5. The maximum atomic E-state index is 5.57. The number of benzene rings is 4. The zero-order valence-electron chi connectivity index (χ0n) is 24.5. The minimum Gasteiger partial charge on any atom is -0.497 e. The van der Waals surface area contributed by atoms with Crippen LogP contribution >= 0.6 is 0 Å². The third-order valence-corrected chi connectivity index (χ3v) is 8.26. The minimum atomic E-state index is 0.684. The third kappa shape index (κ3) is 4.04. The van der Waals surface area contributed by atoms with E-state index in [9.17, 15) is 0 Å². The van der Waals surface area contributed by atoms with E-state index in [2.05, 4.69) is 112 Å². The molecule has 0 aliphatic heterocycles. The van der Waals surface area contributed by atoms with E-state index in [0.717, 1.165) is 39.3 Å². The molecular formula is C35H34N4O. The molecule has 200 valence electrons. The molecule has 0 fully saturated rings. The van der Waals surface area contributed by atoms with Gasteiger partial charge in [-0.05, 0) is 124 Å². The average molecular weight is 527 g/mol. The Balaban J connectivity index is 1.53. The van der Waals surface area contributed by atoms with E-state index >= 15 is 0 Å². The lowest BCUT2D eigenvalue weighted by atomic mass is 9.94. The van der Waals surface area contributed by atoms with Crippen molar-refractivity contribution in [2.75, 3.05) is 7.11 Å². The molecule has 0 radical (unpaired) electrons. The van der Waals surface area contributed by atoms with Gasteiger partial charge in [0, 0.05) is 21.9 Å². The highest BCUT2D eigenvalue weighted by Gasteiger charge is 2.19. The van der Waals surface area contributed by atoms with E-state index in [4.69, 9.17) is 9.72 Å². The number of nitrogens with zero attached hydrogens (tertiary/aromatic N) is 4. The summed E-state index contributed by atoms with van der Waals surface area (Å²) >= 11 is 0. The lowest BCUT2D eigenvalue weighted by Gasteiger charge is -2.17. The van der Waals surface area contributed by atoms with E-state index in [-0.39, 0.29) is 0 Å². The second-order valence-electron chi connectivity index (χ2n) is 11.0. The first-order chi connectivity index (χ1) is 19.2. The topological polar surface area (TPSA) is 52.8 Å². The molecular weight excluding hydrogens is 492 g/mol. The highest BCUT2D eigenvalue weighted by molar-refractivity contribution is 6.10. The molecule has 5 nitrogen and oxygen atoms in total. The van der Waals surface area contributed by atoms with Crippen LogP contribution < -0.4 is 4.74 Å². The van der Waals surface area contributed by atoms with Crippen LogP contribution in [0.2, 0.25) is 0 Å². The molecule has 5 heteroatoms. The Hall–Kier alpha value is -4.51. The number of aromatic nitrogens is 4. The summed E-state index contributed by atoms with van der Waals surface area (Å²) in [5.41, 5.74) is 14.1. The fourth-order valence-corrected chi connectivity index (χ4v) is 6.03. The Labute approximate surface area is 235 Å². The van der Waals surface area contributed by atoms with Gasteiger partial charge in [-0.2, -0.15) is 0 Å². The van der Waals surface area contributed by atoms with Crippen LogP contribution in [0, 0.1) is 48.5 Å². The van der Waals surface area contributed by atoms with Crippen molar-refractivity contribution in [2.45, 2.75) is 48.5 Å². The molecule has 0 aliphatic carbocycles. The first-order valence-corrected chi connectivity index (χ1v) is 13.7. The molecule has 0 bridgehead atoms. The van der Waals surface area contributed by atoms with Gasteiger partial charge in [0.2, 0.25) is 0 Å². The predicted octanol–water partition coefficient (Wildman–Crippen LogP) is 8.47. The third-order valence-electron chi connectivity index (χ3n) is 8.26. The van der Waals surface area contributed by atoms with Gasteiger partial charge in [0.05, 0.1) is 23.8 Å². The van der Waals surface area contributed by atoms with Crippen molar-refractivity contribution < 1.29 is 4.74 Å². The van der Waals surface area contributed by atoms with E-state index in [0.29, 0.717) is 5.82 Å². The molecule has 40 heavy (non-hydrogen) atoms. The molecule has 0 saturated heterocycles. The SMILES string of the molecule is COc1ccc2c(c1)c1cc(C)ccc1n2-c1c(C)cc(-c2ncnc(-c3c(C)c(C)cc(C)c3C)n2)cc1C. The molecule has 0 amide bonds. The van der Waals surface area contributed by atoms with Crippen LogP contribution in [0.4, 0.5) is 0 Å². The summed E-state index contributed by atoms with van der Waals surface area (Å²) in [4.78, 5) is 14.2. The smallest absolute Gasteiger partial charge is 0.163 e. The number of methoxy groups -OCH3 is 1. The average Bonchev–Trinajstić information content (AvgIpc) is 3.24. The van der Waals surface area contributed by atoms with Crippen molar-refractivity contribution in [3.8, 4) is 34.2 Å². The summed E-state index contributed by atoms with van der Waals surface area (Å²) in [6, 6.07) is 19.6. The van der Waals surface area contributed by atoms with Gasteiger partial charge in [0.15, 0.2) is 11.6 Å². The standard InChI is InChI=1S/C35H34N4O/c1-19-9-11-30-28(13-19)29-17-27(40-8)10-12-31(29)39(30)33-22(4)15-26(16-23(33)5)34-36-18-37-35(38-34)32-24(6)20(2)14-21(3)25(32)7/h9-18H,1-8H3. The fraction of sp³-hybridized carbons (Fsp3) is 0.229. The van der Waals surface area contributed by atoms with Gasteiger partial charge in [0.1, 0.15) is 12.1 Å². The van der Waals surface area contributed by atoms with Gasteiger partial charge < -0.3 is 9.30 Å². The Kier molecular flexibility index (Phi) is 6.18. The number of ether oxygens (including phenoxy) is 1. The fourth-order valence-electron chi connectivity index (χ4n) is 6.03. The van der Waals surface area contributed by atoms with E-state index in [1.807, 2.05) is 6.07 Å². The van der Waals surface area contributed by atoms with Gasteiger partial charge in [-0.15, -0.1) is 0 Å². The second-order valence-corrected chi connectivity index (χ2v) is 11.0. The number of aryl methyl sites for hydroxylation is 5. The summed E-state index contributed by atoms with van der Waals surface area (Å²) in [5.74, 6) is 2.26. The van der Waals surface area contributed by atoms with Crippen LogP contribution in [0.1, 0.15) is 38.9 Å². The van der Waals surface area contributed by atoms with Gasteiger partial charge in [-0.25, -0.2) is 15.0 Å². The normalized spacial score (nSPS) is 11.5. The van der Waals surface area contributed by atoms with Gasteiger partial charge in [0.25, 0.3) is 0 Å². The summed E-state index contributed by atoms with van der Waals surface area (Å²) in [7, 11) is 1.72. The zero-order chi connectivity index (χ0) is 28.3. The van der Waals surface area contributed by atoms with Crippen LogP contribution in [-0.2, 0) is 0 Å². The van der Waals surface area contributed by atoms with Crippen molar-refractivity contribution in [2.24, 2.45) is 0 Å². The van der Waals surface area contributed by atoms with Crippen LogP contribution in [0.15, 0.2) is 60.9 Å². The maximum absolute atomic E-state index is 5.57. The van der Waals surface area contributed by atoms with Crippen LogP contribution in [-0.4, -0.2) is 26.6 Å². The molecule has 0 saturated carbocycles. The molecule has 2 aromatic heterocycles. The number of fused-ring (bicyclic) bond motifs is 3. The summed E-state index contributed by atoms with van der Waals surface area (Å²) in [6.07, 6.45) is 1.63. The second kappa shape index (κ2) is 9.60. The monoisotopic (exact) mass is 526 g/mol. The Morgan fingerprint density at radius 1 is 0.625 bits per heavy atom. The molecule has 4 aromatic carbocycles. The lowest BCUT2D eigenvalue weighted by Crippen LogP contribution is -2.03. The summed E-state index contributed by atoms with van der Waals surface area (Å²) in [6.45, 7) is 15.1. The van der Waals surface area contributed by atoms with Crippen molar-refractivity contribution in [3.63, 3.8) is 0 Å². The predicted molar refractivity (Wildman–Crippen MR) is 165 cm³/mol. The summed E-state index contributed by atoms with van der Waals surface area (Å²) in [5, 5.41) is 2.40. The van der Waals surface area contributed by atoms with Gasteiger partial charge >= 0.3 is 0 Å². The molecule has 0 unspecified atom stereocenters. The first kappa shape index (κ1) is 25.8. The maximum Gasteiger partial charge on any atom is 0.163 e.